The van der Waals surface area contributed by atoms with Crippen LogP contribution in [-0.2, 0) is 10.0 Å². The first kappa shape index (κ1) is 16.5. The molecular formula is C13H20BrNO3S. The second-order valence-electron chi connectivity index (χ2n) is 4.19. The van der Waals surface area contributed by atoms with Crippen molar-refractivity contribution in [2.45, 2.75) is 38.0 Å². The van der Waals surface area contributed by atoms with Gasteiger partial charge in [0.25, 0.3) is 0 Å². The summed E-state index contributed by atoms with van der Waals surface area (Å²) in [6.45, 7) is 5.02. The molecule has 19 heavy (non-hydrogen) atoms. The summed E-state index contributed by atoms with van der Waals surface area (Å²) in [6, 6.07) is 4.81. The summed E-state index contributed by atoms with van der Waals surface area (Å²) < 4.78 is 32.9. The van der Waals surface area contributed by atoms with E-state index >= 15 is 0 Å². The highest BCUT2D eigenvalue weighted by Crippen LogP contribution is 2.28. The molecule has 4 nitrogen and oxygen atoms in total. The smallest absolute Gasteiger partial charge is 0.240 e. The van der Waals surface area contributed by atoms with Gasteiger partial charge in [-0.25, -0.2) is 13.1 Å². The van der Waals surface area contributed by atoms with Crippen molar-refractivity contribution >= 4 is 26.0 Å². The zero-order valence-corrected chi connectivity index (χ0v) is 13.7. The summed E-state index contributed by atoms with van der Waals surface area (Å²) in [5.41, 5.74) is 0. The van der Waals surface area contributed by atoms with E-state index in [9.17, 15) is 8.42 Å². The Hall–Kier alpha value is -0.590. The van der Waals surface area contributed by atoms with E-state index < -0.39 is 10.0 Å². The van der Waals surface area contributed by atoms with Crippen molar-refractivity contribution in [3.63, 3.8) is 0 Å². The Kier molecular flexibility index (Phi) is 6.82. The van der Waals surface area contributed by atoms with E-state index in [-0.39, 0.29) is 4.90 Å². The fourth-order valence-electron chi connectivity index (χ4n) is 1.41. The lowest BCUT2D eigenvalue weighted by molar-refractivity contribution is 0.306. The van der Waals surface area contributed by atoms with Gasteiger partial charge in [0.05, 0.1) is 16.0 Å². The highest BCUT2D eigenvalue weighted by Gasteiger charge is 2.15. The topological polar surface area (TPSA) is 55.4 Å². The van der Waals surface area contributed by atoms with Crippen LogP contribution in [0.5, 0.6) is 5.75 Å². The van der Waals surface area contributed by atoms with E-state index in [1.807, 2.05) is 6.92 Å². The summed E-state index contributed by atoms with van der Waals surface area (Å²) >= 11 is 3.36. The van der Waals surface area contributed by atoms with Gasteiger partial charge in [0.15, 0.2) is 0 Å². The van der Waals surface area contributed by atoms with Crippen molar-refractivity contribution in [1.82, 2.24) is 4.72 Å². The summed E-state index contributed by atoms with van der Waals surface area (Å²) in [6.07, 6.45) is 2.74. The van der Waals surface area contributed by atoms with Crippen LogP contribution in [0.4, 0.5) is 0 Å². The molecule has 0 amide bonds. The van der Waals surface area contributed by atoms with E-state index in [1.54, 1.807) is 18.2 Å². The van der Waals surface area contributed by atoms with Gasteiger partial charge in [-0.15, -0.1) is 0 Å². The Morgan fingerprint density at radius 2 is 2.00 bits per heavy atom. The molecule has 0 radical (unpaired) electrons. The van der Waals surface area contributed by atoms with Crippen molar-refractivity contribution in [2.24, 2.45) is 0 Å². The molecule has 0 aliphatic rings. The maximum Gasteiger partial charge on any atom is 0.240 e. The van der Waals surface area contributed by atoms with Gasteiger partial charge in [-0.1, -0.05) is 20.3 Å². The highest BCUT2D eigenvalue weighted by atomic mass is 79.9. The van der Waals surface area contributed by atoms with E-state index in [1.165, 1.54) is 0 Å². The number of sulfonamides is 1. The monoisotopic (exact) mass is 349 g/mol. The second kappa shape index (κ2) is 7.87. The molecule has 1 aromatic rings. The lowest BCUT2D eigenvalue weighted by Crippen LogP contribution is -2.24. The number of benzene rings is 1. The third-order valence-electron chi connectivity index (χ3n) is 2.51. The highest BCUT2D eigenvalue weighted by molar-refractivity contribution is 9.10. The molecule has 0 unspecified atom stereocenters. The molecule has 0 fully saturated rings. The lowest BCUT2D eigenvalue weighted by atomic mass is 10.3. The van der Waals surface area contributed by atoms with Crippen LogP contribution in [0.15, 0.2) is 27.6 Å². The molecule has 0 aliphatic carbocycles. The molecule has 1 rings (SSSR count). The molecule has 0 saturated heterocycles. The van der Waals surface area contributed by atoms with Gasteiger partial charge in [-0.05, 0) is 40.9 Å². The van der Waals surface area contributed by atoms with Crippen LogP contribution < -0.4 is 9.46 Å². The Morgan fingerprint density at radius 1 is 1.26 bits per heavy atom. The first-order valence-corrected chi connectivity index (χ1v) is 8.71. The van der Waals surface area contributed by atoms with Gasteiger partial charge in [0, 0.05) is 12.6 Å². The Morgan fingerprint density at radius 3 is 2.63 bits per heavy atom. The van der Waals surface area contributed by atoms with Crippen LogP contribution in [0.25, 0.3) is 0 Å². The van der Waals surface area contributed by atoms with Crippen molar-refractivity contribution in [2.75, 3.05) is 13.2 Å². The summed E-state index contributed by atoms with van der Waals surface area (Å²) in [7, 11) is -3.44. The molecule has 6 heteroatoms. The molecule has 1 aromatic carbocycles. The number of halogens is 1. The molecule has 1 N–H and O–H groups in total. The van der Waals surface area contributed by atoms with Crippen molar-refractivity contribution in [3.8, 4) is 5.75 Å². The summed E-state index contributed by atoms with van der Waals surface area (Å²) in [5.74, 6) is 0.563. The fourth-order valence-corrected chi connectivity index (χ4v) is 2.92. The third kappa shape index (κ3) is 5.12. The standard InChI is InChI=1S/C13H20BrNO3S/c1-3-5-9-18-13-10-11(6-7-12(13)14)19(16,17)15-8-4-2/h6-7,10,15H,3-5,8-9H2,1-2H3. The first-order chi connectivity index (χ1) is 9.01. The number of hydrogen-bond donors (Lipinski definition) is 1. The maximum atomic E-state index is 12.0. The predicted molar refractivity (Wildman–Crippen MR) is 80.0 cm³/mol. The predicted octanol–water partition coefficient (Wildman–Crippen LogP) is 3.32. The summed E-state index contributed by atoms with van der Waals surface area (Å²) in [4.78, 5) is 0.232. The molecule has 0 bridgehead atoms. The minimum Gasteiger partial charge on any atom is -0.492 e. The van der Waals surface area contributed by atoms with E-state index in [0.717, 1.165) is 23.7 Å². The SMILES string of the molecule is CCCCOc1cc(S(=O)(=O)NCCC)ccc1Br. The molecule has 0 aliphatic heterocycles. The Balaban J connectivity index is 2.88. The van der Waals surface area contributed by atoms with Crippen molar-refractivity contribution in [1.29, 1.82) is 0 Å². The van der Waals surface area contributed by atoms with Gasteiger partial charge in [-0.2, -0.15) is 0 Å². The van der Waals surface area contributed by atoms with Crippen molar-refractivity contribution < 1.29 is 13.2 Å². The van der Waals surface area contributed by atoms with E-state index in [4.69, 9.17) is 4.74 Å². The number of rotatable bonds is 8. The van der Waals surface area contributed by atoms with Crippen LogP contribution in [0, 0.1) is 0 Å². The minimum absolute atomic E-state index is 0.232. The molecule has 108 valence electrons. The number of nitrogens with one attached hydrogen (secondary N) is 1. The zero-order chi connectivity index (χ0) is 14.3. The van der Waals surface area contributed by atoms with Crippen LogP contribution in [-0.4, -0.2) is 21.6 Å². The minimum atomic E-state index is -3.44. The van der Waals surface area contributed by atoms with Crippen LogP contribution in [0.2, 0.25) is 0 Å². The van der Waals surface area contributed by atoms with Gasteiger partial charge >= 0.3 is 0 Å². The largest absolute Gasteiger partial charge is 0.492 e. The zero-order valence-electron chi connectivity index (χ0n) is 11.3. The summed E-state index contributed by atoms with van der Waals surface area (Å²) in [5, 5.41) is 0. The van der Waals surface area contributed by atoms with Gasteiger partial charge < -0.3 is 4.74 Å². The Labute approximate surface area is 123 Å². The Bertz CT molecular complexity index is 503. The molecule has 0 heterocycles. The molecule has 0 aromatic heterocycles. The number of ether oxygens (including phenoxy) is 1. The van der Waals surface area contributed by atoms with E-state index in [2.05, 4.69) is 27.6 Å². The van der Waals surface area contributed by atoms with E-state index in [0.29, 0.717) is 18.9 Å². The van der Waals surface area contributed by atoms with Crippen LogP contribution >= 0.6 is 15.9 Å². The quantitative estimate of drug-likeness (QED) is 0.732. The van der Waals surface area contributed by atoms with Crippen molar-refractivity contribution in [3.05, 3.63) is 22.7 Å². The van der Waals surface area contributed by atoms with Crippen LogP contribution in [0.3, 0.4) is 0 Å². The molecular weight excluding hydrogens is 330 g/mol. The third-order valence-corrected chi connectivity index (χ3v) is 4.62. The average Bonchev–Trinajstić information content (AvgIpc) is 2.38. The number of unbranched alkanes of at least 4 members (excludes halogenated alkanes) is 1. The van der Waals surface area contributed by atoms with Gasteiger partial charge in [0.1, 0.15) is 5.75 Å². The normalized spacial score (nSPS) is 11.5. The maximum absolute atomic E-state index is 12.0. The van der Waals surface area contributed by atoms with Gasteiger partial charge in [-0.3, -0.25) is 0 Å². The molecule has 0 atom stereocenters. The average molecular weight is 350 g/mol. The number of hydrogen-bond acceptors (Lipinski definition) is 3. The molecule has 0 spiro atoms. The first-order valence-electron chi connectivity index (χ1n) is 6.43. The molecule has 0 saturated carbocycles. The second-order valence-corrected chi connectivity index (χ2v) is 6.81. The van der Waals surface area contributed by atoms with Gasteiger partial charge in [0.2, 0.25) is 10.0 Å². The lowest BCUT2D eigenvalue weighted by Gasteiger charge is -2.10. The fraction of sp³-hybridized carbons (Fsp3) is 0.538. The van der Waals surface area contributed by atoms with Crippen LogP contribution in [0.1, 0.15) is 33.1 Å².